The zero-order valence-corrected chi connectivity index (χ0v) is 17.5. The summed E-state index contributed by atoms with van der Waals surface area (Å²) in [5, 5.41) is 2.94. The smallest absolute Gasteiger partial charge is 0.310 e. The fourth-order valence-electron chi connectivity index (χ4n) is 5.42. The molecule has 1 saturated heterocycles. The van der Waals surface area contributed by atoms with Gasteiger partial charge in [0, 0.05) is 17.2 Å². The zero-order valence-electron chi connectivity index (χ0n) is 17.5. The van der Waals surface area contributed by atoms with E-state index in [1.807, 2.05) is 19.1 Å². The Labute approximate surface area is 180 Å². The second-order valence-corrected chi connectivity index (χ2v) is 8.93. The molecule has 6 heteroatoms. The molecule has 0 aromatic heterocycles. The van der Waals surface area contributed by atoms with Gasteiger partial charge in [0.05, 0.1) is 11.8 Å². The number of hydrogen-bond acceptors (Lipinski definition) is 5. The van der Waals surface area contributed by atoms with Crippen LogP contribution < -0.4 is 10.1 Å². The number of esters is 1. The van der Waals surface area contributed by atoms with E-state index < -0.39 is 6.10 Å². The summed E-state index contributed by atoms with van der Waals surface area (Å²) in [5.74, 6) is -0.0420. The molecule has 2 aromatic rings. The number of anilines is 1. The number of nitrogens with one attached hydrogen (secondary N) is 1. The number of carbonyl (C=O) groups is 3. The molecule has 1 aliphatic heterocycles. The predicted octanol–water partition coefficient (Wildman–Crippen LogP) is 3.78. The Kier molecular flexibility index (Phi) is 4.80. The van der Waals surface area contributed by atoms with Gasteiger partial charge in [0.1, 0.15) is 11.9 Å². The van der Waals surface area contributed by atoms with Crippen LogP contribution >= 0.6 is 0 Å². The van der Waals surface area contributed by atoms with E-state index in [-0.39, 0.29) is 47.4 Å². The number of rotatable bonds is 6. The van der Waals surface area contributed by atoms with Gasteiger partial charge in [0.15, 0.2) is 6.10 Å². The van der Waals surface area contributed by atoms with Crippen molar-refractivity contribution in [3.63, 3.8) is 0 Å². The van der Waals surface area contributed by atoms with Gasteiger partial charge in [-0.05, 0) is 56.9 Å². The number of benzene rings is 2. The van der Waals surface area contributed by atoms with Crippen LogP contribution in [0.1, 0.15) is 35.7 Å². The van der Waals surface area contributed by atoms with Gasteiger partial charge >= 0.3 is 5.97 Å². The Hall–Kier alpha value is -3.15. The van der Waals surface area contributed by atoms with E-state index in [1.165, 1.54) is 0 Å². The highest BCUT2D eigenvalue weighted by Crippen LogP contribution is 2.57. The lowest BCUT2D eigenvalue weighted by atomic mass is 9.79. The van der Waals surface area contributed by atoms with Gasteiger partial charge in [-0.2, -0.15) is 0 Å². The maximum Gasteiger partial charge on any atom is 0.310 e. The maximum absolute atomic E-state index is 12.9. The lowest BCUT2D eigenvalue weighted by Crippen LogP contribution is -2.35. The van der Waals surface area contributed by atoms with Crippen LogP contribution in [0.2, 0.25) is 0 Å². The Morgan fingerprint density at radius 1 is 1.06 bits per heavy atom. The molecule has 31 heavy (non-hydrogen) atoms. The van der Waals surface area contributed by atoms with Crippen molar-refractivity contribution >= 4 is 23.3 Å². The monoisotopic (exact) mass is 419 g/mol. The van der Waals surface area contributed by atoms with E-state index in [1.54, 1.807) is 43.3 Å². The van der Waals surface area contributed by atoms with Crippen molar-refractivity contribution in [1.29, 1.82) is 0 Å². The number of hydrogen-bond donors (Lipinski definition) is 1. The molecule has 0 radical (unpaired) electrons. The molecule has 6 nitrogen and oxygen atoms in total. The Bertz CT molecular complexity index is 1030. The molecule has 6 atom stereocenters. The second-order valence-electron chi connectivity index (χ2n) is 8.93. The molecule has 2 aliphatic carbocycles. The molecular weight excluding hydrogens is 394 g/mol. The molecule has 0 unspecified atom stereocenters. The minimum absolute atomic E-state index is 0.0209. The lowest BCUT2D eigenvalue weighted by molar-refractivity contribution is -0.145. The summed E-state index contributed by atoms with van der Waals surface area (Å²) in [7, 11) is 0. The first-order valence-corrected chi connectivity index (χ1v) is 10.8. The molecule has 3 fully saturated rings. The van der Waals surface area contributed by atoms with Gasteiger partial charge in [-0.1, -0.05) is 29.8 Å². The molecular formula is C25H25NO5. The molecule has 160 valence electrons. The maximum atomic E-state index is 12.9. The highest BCUT2D eigenvalue weighted by molar-refractivity contribution is 5.99. The van der Waals surface area contributed by atoms with Crippen LogP contribution in [0.15, 0.2) is 48.5 Å². The molecule has 0 spiro atoms. The standard InChI is InChI=1S/C25H25NO5/c1-13-3-5-15(6-4-13)23(27)14(2)30-18-9-7-17(8-10-18)26-24(28)21-16-11-19-20(12-16)31-25(29)22(19)21/h3-10,14,16,19-22H,11-12H2,1-2H3,(H,26,28)/t14-,16+,19-,20-,21+,22-/m0/s1. The summed E-state index contributed by atoms with van der Waals surface area (Å²) >= 11 is 0. The number of aryl methyl sites for hydroxylation is 1. The average Bonchev–Trinajstić information content (AvgIpc) is 3.38. The topological polar surface area (TPSA) is 81.7 Å². The Morgan fingerprint density at radius 3 is 2.48 bits per heavy atom. The average molecular weight is 419 g/mol. The minimum atomic E-state index is -0.626. The van der Waals surface area contributed by atoms with Crippen LogP contribution in [-0.2, 0) is 14.3 Å². The first-order chi connectivity index (χ1) is 14.9. The van der Waals surface area contributed by atoms with Crippen LogP contribution in [0.3, 0.4) is 0 Å². The summed E-state index contributed by atoms with van der Waals surface area (Å²) in [5.41, 5.74) is 2.35. The summed E-state index contributed by atoms with van der Waals surface area (Å²) in [6.07, 6.45) is 1.09. The summed E-state index contributed by atoms with van der Waals surface area (Å²) in [6, 6.07) is 14.4. The van der Waals surface area contributed by atoms with E-state index in [4.69, 9.17) is 9.47 Å². The highest BCUT2D eigenvalue weighted by Gasteiger charge is 2.63. The van der Waals surface area contributed by atoms with Crippen LogP contribution in [0, 0.1) is 30.6 Å². The molecule has 1 N–H and O–H groups in total. The normalized spacial score (nSPS) is 28.8. The van der Waals surface area contributed by atoms with E-state index >= 15 is 0 Å². The van der Waals surface area contributed by atoms with Crippen molar-refractivity contribution in [2.45, 2.75) is 38.9 Å². The fourth-order valence-corrected chi connectivity index (χ4v) is 5.42. The van der Waals surface area contributed by atoms with Gasteiger partial charge in [0.25, 0.3) is 0 Å². The highest BCUT2D eigenvalue weighted by atomic mass is 16.6. The molecule has 1 amide bonds. The first-order valence-electron chi connectivity index (χ1n) is 10.8. The van der Waals surface area contributed by atoms with Gasteiger partial charge in [-0.15, -0.1) is 0 Å². The lowest BCUT2D eigenvalue weighted by Gasteiger charge is -2.23. The van der Waals surface area contributed by atoms with Crippen molar-refractivity contribution in [1.82, 2.24) is 0 Å². The van der Waals surface area contributed by atoms with E-state index in [2.05, 4.69) is 5.32 Å². The van der Waals surface area contributed by atoms with E-state index in [0.717, 1.165) is 18.4 Å². The van der Waals surface area contributed by atoms with Crippen LogP contribution in [-0.4, -0.2) is 29.9 Å². The molecule has 2 saturated carbocycles. The molecule has 2 bridgehead atoms. The second kappa shape index (κ2) is 7.52. The first kappa shape index (κ1) is 19.8. The SMILES string of the molecule is Cc1ccc(C(=O)[C@H](C)Oc2ccc(NC(=O)[C@@H]3[C@@H]4C[C@@H]5[C@@H]3C(=O)O[C@H]5C4)cc2)cc1. The van der Waals surface area contributed by atoms with E-state index in [0.29, 0.717) is 17.0 Å². The number of Topliss-reactive ketones (excluding diaryl/α,β-unsaturated/α-hetero) is 1. The largest absolute Gasteiger partial charge is 0.483 e. The quantitative estimate of drug-likeness (QED) is 0.569. The van der Waals surface area contributed by atoms with E-state index in [9.17, 15) is 14.4 Å². The van der Waals surface area contributed by atoms with Crippen molar-refractivity contribution in [3.05, 3.63) is 59.7 Å². The molecule has 2 aromatic carbocycles. The predicted molar refractivity (Wildman–Crippen MR) is 114 cm³/mol. The molecule has 3 aliphatic rings. The zero-order chi connectivity index (χ0) is 21.7. The van der Waals surface area contributed by atoms with Crippen molar-refractivity contribution in [3.8, 4) is 5.75 Å². The van der Waals surface area contributed by atoms with Crippen molar-refractivity contribution in [2.24, 2.45) is 23.7 Å². The number of carbonyl (C=O) groups excluding carboxylic acids is 3. The summed E-state index contributed by atoms with van der Waals surface area (Å²) in [6.45, 7) is 3.70. The molecule has 1 heterocycles. The minimum Gasteiger partial charge on any atom is -0.483 e. The number of fused-ring (bicyclic) bond motifs is 1. The molecule has 5 rings (SSSR count). The van der Waals surface area contributed by atoms with Gasteiger partial charge in [-0.3, -0.25) is 14.4 Å². The van der Waals surface area contributed by atoms with Gasteiger partial charge in [0.2, 0.25) is 11.7 Å². The van der Waals surface area contributed by atoms with Crippen LogP contribution in [0.5, 0.6) is 5.75 Å². The third-order valence-electron chi connectivity index (χ3n) is 6.93. The third kappa shape index (κ3) is 3.50. The number of amides is 1. The summed E-state index contributed by atoms with van der Waals surface area (Å²) < 4.78 is 11.2. The number of ketones is 1. The number of ether oxygens (including phenoxy) is 2. The van der Waals surface area contributed by atoms with Crippen molar-refractivity contribution in [2.75, 3.05) is 5.32 Å². The Balaban J connectivity index is 1.20. The van der Waals surface area contributed by atoms with Gasteiger partial charge in [-0.25, -0.2) is 0 Å². The van der Waals surface area contributed by atoms with Crippen LogP contribution in [0.4, 0.5) is 5.69 Å². The van der Waals surface area contributed by atoms with Crippen LogP contribution in [0.25, 0.3) is 0 Å². The van der Waals surface area contributed by atoms with Crippen molar-refractivity contribution < 1.29 is 23.9 Å². The summed E-state index contributed by atoms with van der Waals surface area (Å²) in [4.78, 5) is 37.6. The third-order valence-corrected chi connectivity index (χ3v) is 6.93. The Morgan fingerprint density at radius 2 is 1.77 bits per heavy atom. The van der Waals surface area contributed by atoms with Gasteiger partial charge < -0.3 is 14.8 Å². The fraction of sp³-hybridized carbons (Fsp3) is 0.400.